The van der Waals surface area contributed by atoms with E-state index in [2.05, 4.69) is 16.7 Å². The first-order chi connectivity index (χ1) is 15.1. The van der Waals surface area contributed by atoms with Crippen LogP contribution in [0.5, 0.6) is 0 Å². The first kappa shape index (κ1) is 19.9. The number of nitrogens with zero attached hydrogens (tertiary/aromatic N) is 2. The molecule has 152 valence electrons. The third-order valence-electron chi connectivity index (χ3n) is 5.15. The number of carbonyl (C=O) groups excluding carboxylic acids is 2. The highest BCUT2D eigenvalue weighted by Gasteiger charge is 2.36. The zero-order valence-corrected chi connectivity index (χ0v) is 16.9. The van der Waals surface area contributed by atoms with E-state index in [1.807, 2.05) is 48.5 Å². The van der Waals surface area contributed by atoms with E-state index in [-0.39, 0.29) is 11.9 Å². The van der Waals surface area contributed by atoms with Gasteiger partial charge < -0.3 is 10.6 Å². The Morgan fingerprint density at radius 3 is 2.19 bits per heavy atom. The predicted octanol–water partition coefficient (Wildman–Crippen LogP) is 4.74. The molecule has 0 bridgehead atoms. The lowest BCUT2D eigenvalue weighted by atomic mass is 9.93. The summed E-state index contributed by atoms with van der Waals surface area (Å²) in [5.74, 6) is -0.306. The standard InChI is InChI=1S/C25H20N4O2/c1-17-22(24(30)27-20-8-4-2-5-9-20)23(19-14-12-18(16-26)13-15-19)28-25(31)29(17)21-10-6-3-7-11-21/h2-15,23H,1H3,(H,27,30)(H,28,31)/t23-/m1/s1. The summed E-state index contributed by atoms with van der Waals surface area (Å²) in [5.41, 5.74) is 3.52. The molecule has 6 heteroatoms. The van der Waals surface area contributed by atoms with Gasteiger partial charge in [-0.25, -0.2) is 4.79 Å². The molecular weight excluding hydrogens is 388 g/mol. The van der Waals surface area contributed by atoms with Crippen LogP contribution in [0.15, 0.2) is 96.2 Å². The monoisotopic (exact) mass is 408 g/mol. The third-order valence-corrected chi connectivity index (χ3v) is 5.15. The number of nitrogens with one attached hydrogen (secondary N) is 2. The lowest BCUT2D eigenvalue weighted by Gasteiger charge is -2.35. The minimum Gasteiger partial charge on any atom is -0.326 e. The van der Waals surface area contributed by atoms with Crippen molar-refractivity contribution >= 4 is 23.3 Å². The maximum atomic E-state index is 13.4. The van der Waals surface area contributed by atoms with Crippen molar-refractivity contribution in [3.05, 3.63) is 107 Å². The quantitative estimate of drug-likeness (QED) is 0.654. The van der Waals surface area contributed by atoms with Gasteiger partial charge in [0.2, 0.25) is 0 Å². The summed E-state index contributed by atoms with van der Waals surface area (Å²) < 4.78 is 0. The Kier molecular flexibility index (Phi) is 5.50. The van der Waals surface area contributed by atoms with Crippen LogP contribution in [-0.4, -0.2) is 11.9 Å². The molecule has 0 aromatic heterocycles. The lowest BCUT2D eigenvalue weighted by Crippen LogP contribution is -2.48. The number of anilines is 2. The Labute approximate surface area is 180 Å². The normalized spacial score (nSPS) is 15.8. The maximum Gasteiger partial charge on any atom is 0.326 e. The number of para-hydroxylation sites is 2. The number of hydrogen-bond acceptors (Lipinski definition) is 3. The Balaban J connectivity index is 1.80. The Hall–Kier alpha value is -4.37. The fourth-order valence-electron chi connectivity index (χ4n) is 3.65. The highest BCUT2D eigenvalue weighted by molar-refractivity contribution is 6.09. The van der Waals surface area contributed by atoms with E-state index in [9.17, 15) is 9.59 Å². The summed E-state index contributed by atoms with van der Waals surface area (Å²) in [7, 11) is 0. The van der Waals surface area contributed by atoms with Gasteiger partial charge in [-0.2, -0.15) is 5.26 Å². The van der Waals surface area contributed by atoms with Gasteiger partial charge in [-0.3, -0.25) is 9.69 Å². The SMILES string of the molecule is CC1=C(C(=O)Nc2ccccc2)[C@@H](c2ccc(C#N)cc2)NC(=O)N1c1ccccc1. The van der Waals surface area contributed by atoms with Gasteiger partial charge in [0, 0.05) is 11.4 Å². The molecule has 0 aliphatic carbocycles. The number of urea groups is 1. The van der Waals surface area contributed by atoms with Crippen LogP contribution in [0, 0.1) is 11.3 Å². The second-order valence-corrected chi connectivity index (χ2v) is 7.11. The summed E-state index contributed by atoms with van der Waals surface area (Å²) >= 11 is 0. The zero-order chi connectivity index (χ0) is 21.8. The Morgan fingerprint density at radius 1 is 0.968 bits per heavy atom. The van der Waals surface area contributed by atoms with Gasteiger partial charge in [-0.1, -0.05) is 48.5 Å². The van der Waals surface area contributed by atoms with Gasteiger partial charge in [0.05, 0.1) is 28.9 Å². The van der Waals surface area contributed by atoms with Gasteiger partial charge in [0.25, 0.3) is 5.91 Å². The van der Waals surface area contributed by atoms with Crippen LogP contribution in [0.2, 0.25) is 0 Å². The van der Waals surface area contributed by atoms with Gasteiger partial charge in [-0.05, 0) is 48.9 Å². The second-order valence-electron chi connectivity index (χ2n) is 7.11. The number of hydrogen-bond donors (Lipinski definition) is 2. The number of benzene rings is 3. The number of amides is 3. The first-order valence-corrected chi connectivity index (χ1v) is 9.81. The largest absolute Gasteiger partial charge is 0.326 e. The van der Waals surface area contributed by atoms with E-state index >= 15 is 0 Å². The molecule has 0 radical (unpaired) electrons. The van der Waals surface area contributed by atoms with Crippen LogP contribution in [0.25, 0.3) is 0 Å². The molecule has 0 saturated carbocycles. The van der Waals surface area contributed by atoms with Gasteiger partial charge in [0.1, 0.15) is 0 Å². The average molecular weight is 408 g/mol. The van der Waals surface area contributed by atoms with Crippen LogP contribution in [-0.2, 0) is 4.79 Å². The molecule has 0 spiro atoms. The summed E-state index contributed by atoms with van der Waals surface area (Å²) in [4.78, 5) is 27.9. The van der Waals surface area contributed by atoms with Gasteiger partial charge in [0.15, 0.2) is 0 Å². The van der Waals surface area contributed by atoms with Crippen LogP contribution < -0.4 is 15.5 Å². The molecule has 0 unspecified atom stereocenters. The number of rotatable bonds is 4. The van der Waals surface area contributed by atoms with Crippen molar-refractivity contribution in [3.63, 3.8) is 0 Å². The summed E-state index contributed by atoms with van der Waals surface area (Å²) in [6.45, 7) is 1.77. The van der Waals surface area contributed by atoms with Crippen molar-refractivity contribution in [1.82, 2.24) is 5.32 Å². The van der Waals surface area contributed by atoms with Gasteiger partial charge >= 0.3 is 6.03 Å². The molecule has 4 rings (SSSR count). The fraction of sp³-hybridized carbons (Fsp3) is 0.0800. The van der Waals surface area contributed by atoms with E-state index in [1.54, 1.807) is 43.3 Å². The maximum absolute atomic E-state index is 13.4. The predicted molar refractivity (Wildman–Crippen MR) is 119 cm³/mol. The van der Waals surface area contributed by atoms with E-state index in [1.165, 1.54) is 4.90 Å². The van der Waals surface area contributed by atoms with Gasteiger partial charge in [-0.15, -0.1) is 0 Å². The molecule has 6 nitrogen and oxygen atoms in total. The lowest BCUT2D eigenvalue weighted by molar-refractivity contribution is -0.113. The first-order valence-electron chi connectivity index (χ1n) is 9.81. The summed E-state index contributed by atoms with van der Waals surface area (Å²) in [5, 5.41) is 15.0. The Bertz CT molecular complexity index is 1180. The molecule has 0 fully saturated rings. The van der Waals surface area contributed by atoms with Crippen molar-refractivity contribution in [2.24, 2.45) is 0 Å². The molecule has 3 aromatic rings. The molecule has 1 aliphatic rings. The highest BCUT2D eigenvalue weighted by atomic mass is 16.2. The molecule has 1 atom stereocenters. The molecule has 1 aliphatic heterocycles. The number of allylic oxidation sites excluding steroid dienone is 1. The topological polar surface area (TPSA) is 85.2 Å². The van der Waals surface area contributed by atoms with E-state index < -0.39 is 6.04 Å². The van der Waals surface area contributed by atoms with Crippen LogP contribution in [0.4, 0.5) is 16.2 Å². The fourth-order valence-corrected chi connectivity index (χ4v) is 3.65. The van der Waals surface area contributed by atoms with E-state index in [0.29, 0.717) is 28.2 Å². The highest BCUT2D eigenvalue weighted by Crippen LogP contribution is 2.34. The van der Waals surface area contributed by atoms with Crippen molar-refractivity contribution in [2.75, 3.05) is 10.2 Å². The van der Waals surface area contributed by atoms with Crippen LogP contribution in [0.3, 0.4) is 0 Å². The summed E-state index contributed by atoms with van der Waals surface area (Å²) in [6, 6.07) is 26.3. The zero-order valence-electron chi connectivity index (χ0n) is 16.9. The van der Waals surface area contributed by atoms with Crippen molar-refractivity contribution in [2.45, 2.75) is 13.0 Å². The van der Waals surface area contributed by atoms with E-state index in [0.717, 1.165) is 5.56 Å². The minimum atomic E-state index is -0.649. The third kappa shape index (κ3) is 4.02. The Morgan fingerprint density at radius 2 is 1.58 bits per heavy atom. The molecule has 31 heavy (non-hydrogen) atoms. The van der Waals surface area contributed by atoms with Crippen molar-refractivity contribution in [1.29, 1.82) is 5.26 Å². The average Bonchev–Trinajstić information content (AvgIpc) is 2.80. The molecule has 1 heterocycles. The molecule has 0 saturated heterocycles. The van der Waals surface area contributed by atoms with Crippen molar-refractivity contribution in [3.8, 4) is 6.07 Å². The smallest absolute Gasteiger partial charge is 0.326 e. The van der Waals surface area contributed by atoms with E-state index in [4.69, 9.17) is 5.26 Å². The van der Waals surface area contributed by atoms with Crippen molar-refractivity contribution < 1.29 is 9.59 Å². The molecular formula is C25H20N4O2. The second kappa shape index (κ2) is 8.56. The summed E-state index contributed by atoms with van der Waals surface area (Å²) in [6.07, 6.45) is 0. The van der Waals surface area contributed by atoms with Crippen LogP contribution >= 0.6 is 0 Å². The number of nitriles is 1. The minimum absolute atomic E-state index is 0.306. The number of carbonyl (C=O) groups is 2. The molecule has 3 amide bonds. The molecule has 2 N–H and O–H groups in total. The van der Waals surface area contributed by atoms with Crippen LogP contribution in [0.1, 0.15) is 24.1 Å². The molecule has 3 aromatic carbocycles.